The number of hydrogen-bond acceptors (Lipinski definition) is 4. The number of aromatic nitrogens is 3. The molecule has 0 spiro atoms. The molecule has 0 N–H and O–H groups in total. The molecule has 2 aromatic carbocycles. The SMILES string of the molecule is C.C.CC(C)(C)c1ccnc2ccc(Br)cc12.CC(C)(C)c1ncnc2sc3ccccc3c12. The third-order valence-corrected chi connectivity index (χ3v) is 6.97. The molecule has 3 aromatic heterocycles. The summed E-state index contributed by atoms with van der Waals surface area (Å²) in [5, 5.41) is 3.73. The summed E-state index contributed by atoms with van der Waals surface area (Å²) in [6.45, 7) is 13.3. The van der Waals surface area contributed by atoms with Gasteiger partial charge in [0.15, 0.2) is 0 Å². The average molecular weight is 539 g/mol. The number of halogens is 1. The van der Waals surface area contributed by atoms with Crippen LogP contribution in [0.3, 0.4) is 0 Å². The Morgan fingerprint density at radius 1 is 0.765 bits per heavy atom. The van der Waals surface area contributed by atoms with Crippen LogP contribution in [0.1, 0.15) is 67.7 Å². The van der Waals surface area contributed by atoms with Gasteiger partial charge in [-0.2, -0.15) is 0 Å². The normalized spacial score (nSPS) is 11.5. The van der Waals surface area contributed by atoms with Crippen molar-refractivity contribution in [3.8, 4) is 0 Å². The first-order valence-corrected chi connectivity index (χ1v) is 12.3. The summed E-state index contributed by atoms with van der Waals surface area (Å²) in [5.41, 5.74) is 3.74. The first-order valence-electron chi connectivity index (χ1n) is 10.7. The van der Waals surface area contributed by atoms with E-state index in [1.165, 1.54) is 26.4 Å². The first kappa shape index (κ1) is 27.9. The van der Waals surface area contributed by atoms with E-state index in [4.69, 9.17) is 0 Å². The molecule has 5 rings (SSSR count). The van der Waals surface area contributed by atoms with E-state index in [0.29, 0.717) is 0 Å². The molecule has 0 radical (unpaired) electrons. The van der Waals surface area contributed by atoms with Gasteiger partial charge >= 0.3 is 0 Å². The fourth-order valence-electron chi connectivity index (χ4n) is 3.90. The van der Waals surface area contributed by atoms with Crippen LogP contribution in [-0.2, 0) is 10.8 Å². The van der Waals surface area contributed by atoms with Gasteiger partial charge in [-0.3, -0.25) is 4.98 Å². The number of thiophene rings is 1. The highest BCUT2D eigenvalue weighted by atomic mass is 79.9. The van der Waals surface area contributed by atoms with Gasteiger partial charge in [-0.15, -0.1) is 11.3 Å². The van der Waals surface area contributed by atoms with Crippen molar-refractivity contribution in [2.45, 2.75) is 67.2 Å². The molecule has 0 atom stereocenters. The van der Waals surface area contributed by atoms with Gasteiger partial charge in [0.25, 0.3) is 0 Å². The highest BCUT2D eigenvalue weighted by Gasteiger charge is 2.21. The molecule has 180 valence electrons. The van der Waals surface area contributed by atoms with Crippen molar-refractivity contribution < 1.29 is 0 Å². The molecule has 0 bridgehead atoms. The summed E-state index contributed by atoms with van der Waals surface area (Å²) in [6.07, 6.45) is 3.56. The van der Waals surface area contributed by atoms with E-state index in [-0.39, 0.29) is 25.7 Å². The lowest BCUT2D eigenvalue weighted by atomic mass is 9.85. The Kier molecular flexibility index (Phi) is 8.60. The van der Waals surface area contributed by atoms with Crippen molar-refractivity contribution in [3.63, 3.8) is 0 Å². The Balaban J connectivity index is 0.000000229. The predicted octanol–water partition coefficient (Wildman–Crippen LogP) is 9.71. The van der Waals surface area contributed by atoms with E-state index in [1.54, 1.807) is 17.7 Å². The van der Waals surface area contributed by atoms with Gasteiger partial charge in [-0.1, -0.05) is 90.5 Å². The van der Waals surface area contributed by atoms with E-state index in [1.807, 2.05) is 12.3 Å². The second kappa shape index (κ2) is 10.5. The van der Waals surface area contributed by atoms with Crippen molar-refractivity contribution in [2.24, 2.45) is 0 Å². The predicted molar refractivity (Wildman–Crippen MR) is 155 cm³/mol. The zero-order chi connectivity index (χ0) is 23.1. The van der Waals surface area contributed by atoms with Gasteiger partial charge < -0.3 is 0 Å². The van der Waals surface area contributed by atoms with Crippen LogP contribution in [0.2, 0.25) is 0 Å². The average Bonchev–Trinajstić information content (AvgIpc) is 3.11. The van der Waals surface area contributed by atoms with E-state index in [9.17, 15) is 0 Å². The van der Waals surface area contributed by atoms with E-state index in [0.717, 1.165) is 20.5 Å². The van der Waals surface area contributed by atoms with Gasteiger partial charge in [-0.25, -0.2) is 9.97 Å². The lowest BCUT2D eigenvalue weighted by Crippen LogP contribution is -2.13. The lowest BCUT2D eigenvalue weighted by molar-refractivity contribution is 0.574. The lowest BCUT2D eigenvalue weighted by Gasteiger charge is -2.20. The maximum atomic E-state index is 4.50. The summed E-state index contributed by atoms with van der Waals surface area (Å²) in [4.78, 5) is 14.4. The Morgan fingerprint density at radius 3 is 2.15 bits per heavy atom. The molecule has 5 heteroatoms. The van der Waals surface area contributed by atoms with E-state index in [2.05, 4.69) is 115 Å². The number of hydrogen-bond donors (Lipinski definition) is 0. The van der Waals surface area contributed by atoms with Crippen molar-refractivity contribution >= 4 is 58.5 Å². The maximum Gasteiger partial charge on any atom is 0.128 e. The van der Waals surface area contributed by atoms with E-state index >= 15 is 0 Å². The monoisotopic (exact) mass is 537 g/mol. The molecule has 3 heterocycles. The topological polar surface area (TPSA) is 38.7 Å². The Hall–Kier alpha value is -2.37. The third kappa shape index (κ3) is 5.64. The van der Waals surface area contributed by atoms with Crippen LogP contribution in [-0.4, -0.2) is 15.0 Å². The molecule has 3 nitrogen and oxygen atoms in total. The molecule has 5 aromatic rings. The van der Waals surface area contributed by atoms with Crippen LogP contribution < -0.4 is 0 Å². The van der Waals surface area contributed by atoms with Gasteiger partial charge in [0.1, 0.15) is 11.2 Å². The zero-order valence-electron chi connectivity index (χ0n) is 19.4. The first-order chi connectivity index (χ1) is 15.1. The highest BCUT2D eigenvalue weighted by molar-refractivity contribution is 9.10. The van der Waals surface area contributed by atoms with Crippen LogP contribution in [0.4, 0.5) is 0 Å². The molecule has 0 aliphatic carbocycles. The quantitative estimate of drug-likeness (QED) is 0.197. The second-order valence-corrected chi connectivity index (χ2v) is 12.0. The van der Waals surface area contributed by atoms with Crippen LogP contribution in [0.5, 0.6) is 0 Å². The van der Waals surface area contributed by atoms with Crippen molar-refractivity contribution in [1.29, 1.82) is 0 Å². The molecule has 0 fully saturated rings. The number of nitrogens with zero attached hydrogens (tertiary/aromatic N) is 3. The minimum atomic E-state index is 0. The van der Waals surface area contributed by atoms with Crippen LogP contribution in [0.15, 0.2) is 65.5 Å². The molecule has 0 saturated carbocycles. The molecule has 0 saturated heterocycles. The van der Waals surface area contributed by atoms with Gasteiger partial charge in [0, 0.05) is 36.9 Å². The molecule has 0 aliphatic rings. The number of pyridine rings is 1. The summed E-state index contributed by atoms with van der Waals surface area (Å²) < 4.78 is 2.39. The smallest absolute Gasteiger partial charge is 0.128 e. The van der Waals surface area contributed by atoms with Crippen LogP contribution in [0, 0.1) is 0 Å². The maximum absolute atomic E-state index is 4.50. The summed E-state index contributed by atoms with van der Waals surface area (Å²) in [7, 11) is 0. The van der Waals surface area contributed by atoms with Gasteiger partial charge in [-0.05, 0) is 41.3 Å². The minimum absolute atomic E-state index is 0. The number of benzene rings is 2. The van der Waals surface area contributed by atoms with Crippen LogP contribution in [0.25, 0.3) is 31.2 Å². The zero-order valence-corrected chi connectivity index (χ0v) is 21.8. The third-order valence-electron chi connectivity index (χ3n) is 5.40. The summed E-state index contributed by atoms with van der Waals surface area (Å²) in [5.74, 6) is 0. The highest BCUT2D eigenvalue weighted by Crippen LogP contribution is 2.37. The molecule has 0 aliphatic heterocycles. The molecule has 0 unspecified atom stereocenters. The molecular weight excluding hydrogens is 502 g/mol. The fourth-order valence-corrected chi connectivity index (χ4v) is 5.30. The van der Waals surface area contributed by atoms with Crippen molar-refractivity contribution in [2.75, 3.05) is 0 Å². The van der Waals surface area contributed by atoms with E-state index < -0.39 is 0 Å². The summed E-state index contributed by atoms with van der Waals surface area (Å²) in [6, 6.07) is 16.8. The molecular formula is C29H36BrN3S. The van der Waals surface area contributed by atoms with Crippen molar-refractivity contribution in [1.82, 2.24) is 15.0 Å². The second-order valence-electron chi connectivity index (χ2n) is 10.0. The largest absolute Gasteiger partial charge is 0.256 e. The molecule has 34 heavy (non-hydrogen) atoms. The number of rotatable bonds is 0. The van der Waals surface area contributed by atoms with Crippen LogP contribution >= 0.6 is 27.3 Å². The van der Waals surface area contributed by atoms with Crippen molar-refractivity contribution in [3.05, 3.63) is 76.8 Å². The standard InChI is InChI=1S/C14H14N2S.C13H14BrN.2CH4/c1-14(2,3)12-11-9-6-4-5-7-10(9)17-13(11)16-8-15-12;1-13(2,3)11-6-7-15-12-5-4-9(14)8-10(11)12;;/h4-8H,1-3H3;4-8H,1-3H3;2*1H4. The Bertz CT molecular complexity index is 1410. The summed E-state index contributed by atoms with van der Waals surface area (Å²) >= 11 is 5.25. The number of fused-ring (bicyclic) bond motifs is 4. The minimum Gasteiger partial charge on any atom is -0.256 e. The van der Waals surface area contributed by atoms with Gasteiger partial charge in [0.2, 0.25) is 0 Å². The fraction of sp³-hybridized carbons (Fsp3) is 0.345. The molecule has 0 amide bonds. The Morgan fingerprint density at radius 2 is 1.47 bits per heavy atom. The van der Waals surface area contributed by atoms with Gasteiger partial charge in [0.05, 0.1) is 11.2 Å². The Labute approximate surface area is 216 Å².